The lowest BCUT2D eigenvalue weighted by Gasteiger charge is -2.42. The molecule has 0 saturated heterocycles. The Morgan fingerprint density at radius 3 is 2.33 bits per heavy atom. The van der Waals surface area contributed by atoms with E-state index in [1.54, 1.807) is 7.11 Å². The molecule has 0 aliphatic heterocycles. The maximum Gasteiger partial charge on any atom is 0.389 e. The zero-order chi connectivity index (χ0) is 11.5. The molecule has 2 nitrogen and oxygen atoms in total. The summed E-state index contributed by atoms with van der Waals surface area (Å²) in [5.74, 6) is 0. The van der Waals surface area contributed by atoms with Crippen molar-refractivity contribution >= 4 is 0 Å². The lowest BCUT2D eigenvalue weighted by atomic mass is 9.75. The summed E-state index contributed by atoms with van der Waals surface area (Å²) in [5.41, 5.74) is 5.44. The quantitative estimate of drug-likeness (QED) is 0.780. The summed E-state index contributed by atoms with van der Waals surface area (Å²) in [5, 5.41) is 0. The molecule has 0 heterocycles. The van der Waals surface area contributed by atoms with Gasteiger partial charge in [-0.25, -0.2) is 0 Å². The van der Waals surface area contributed by atoms with Crippen molar-refractivity contribution in [2.45, 2.75) is 56.3 Å². The first-order chi connectivity index (χ1) is 6.87. The van der Waals surface area contributed by atoms with E-state index in [9.17, 15) is 13.2 Å². The zero-order valence-electron chi connectivity index (χ0n) is 8.94. The number of hydrogen-bond acceptors (Lipinski definition) is 2. The van der Waals surface area contributed by atoms with Gasteiger partial charge in [0.05, 0.1) is 5.60 Å². The Morgan fingerprint density at radius 2 is 2.00 bits per heavy atom. The summed E-state index contributed by atoms with van der Waals surface area (Å²) in [6.45, 7) is 0. The highest BCUT2D eigenvalue weighted by molar-refractivity contribution is 4.92. The second-order valence-electron chi connectivity index (χ2n) is 4.36. The fourth-order valence-electron chi connectivity index (χ4n) is 1.99. The van der Waals surface area contributed by atoms with Gasteiger partial charge in [-0.3, -0.25) is 0 Å². The number of methoxy groups -OCH3 is 1. The van der Waals surface area contributed by atoms with Crippen molar-refractivity contribution in [1.82, 2.24) is 0 Å². The van der Waals surface area contributed by atoms with Gasteiger partial charge in [0.1, 0.15) is 0 Å². The van der Waals surface area contributed by atoms with Crippen LogP contribution in [-0.2, 0) is 4.74 Å². The van der Waals surface area contributed by atoms with E-state index in [0.717, 1.165) is 19.3 Å². The van der Waals surface area contributed by atoms with Crippen molar-refractivity contribution in [3.63, 3.8) is 0 Å². The molecule has 1 saturated carbocycles. The fraction of sp³-hybridized carbons (Fsp3) is 1.00. The molecule has 5 heteroatoms. The maximum absolute atomic E-state index is 11.9. The molecular weight excluding hydrogens is 207 g/mol. The Balaban J connectivity index is 2.26. The first-order valence-corrected chi connectivity index (χ1v) is 5.24. The van der Waals surface area contributed by atoms with Crippen LogP contribution in [0.3, 0.4) is 0 Å². The van der Waals surface area contributed by atoms with Crippen LogP contribution < -0.4 is 5.73 Å². The van der Waals surface area contributed by atoms with Crippen LogP contribution in [0, 0.1) is 0 Å². The minimum Gasteiger partial charge on any atom is -0.378 e. The van der Waals surface area contributed by atoms with E-state index >= 15 is 0 Å². The number of nitrogens with two attached hydrogens (primary N) is 1. The highest BCUT2D eigenvalue weighted by atomic mass is 19.4. The summed E-state index contributed by atoms with van der Waals surface area (Å²) in [4.78, 5) is 0. The molecule has 2 N–H and O–H groups in total. The summed E-state index contributed by atoms with van der Waals surface area (Å²) < 4.78 is 41.1. The molecule has 90 valence electrons. The standard InChI is InChI=1S/C10H18F3NO/c1-15-9(4-2-5-9)7-8(14)3-6-10(11,12)13/h8H,2-7,14H2,1H3. The van der Waals surface area contributed by atoms with Crippen LogP contribution >= 0.6 is 0 Å². The van der Waals surface area contributed by atoms with Crippen LogP contribution in [0.25, 0.3) is 0 Å². The van der Waals surface area contributed by atoms with Gasteiger partial charge in [0.2, 0.25) is 0 Å². The molecule has 15 heavy (non-hydrogen) atoms. The van der Waals surface area contributed by atoms with Crippen molar-refractivity contribution < 1.29 is 17.9 Å². The van der Waals surface area contributed by atoms with Crippen molar-refractivity contribution in [3.05, 3.63) is 0 Å². The van der Waals surface area contributed by atoms with Gasteiger partial charge in [0.15, 0.2) is 0 Å². The molecule has 1 aliphatic rings. The second kappa shape index (κ2) is 4.70. The van der Waals surface area contributed by atoms with Gasteiger partial charge < -0.3 is 10.5 Å². The van der Waals surface area contributed by atoms with Crippen molar-refractivity contribution in [2.24, 2.45) is 5.73 Å². The number of alkyl halides is 3. The zero-order valence-corrected chi connectivity index (χ0v) is 8.94. The number of ether oxygens (including phenoxy) is 1. The SMILES string of the molecule is COC1(CC(N)CCC(F)(F)F)CCC1. The van der Waals surface area contributed by atoms with Gasteiger partial charge in [-0.2, -0.15) is 13.2 Å². The van der Waals surface area contributed by atoms with Gasteiger partial charge in [-0.15, -0.1) is 0 Å². The number of halogens is 3. The first kappa shape index (κ1) is 12.8. The summed E-state index contributed by atoms with van der Waals surface area (Å²) in [6.07, 6.45) is -1.44. The predicted molar refractivity (Wildman–Crippen MR) is 51.5 cm³/mol. The molecule has 0 radical (unpaired) electrons. The monoisotopic (exact) mass is 225 g/mol. The summed E-state index contributed by atoms with van der Waals surface area (Å²) >= 11 is 0. The topological polar surface area (TPSA) is 35.2 Å². The molecule has 1 atom stereocenters. The summed E-state index contributed by atoms with van der Waals surface area (Å²) in [6, 6.07) is -0.410. The normalized spacial score (nSPS) is 22.2. The fourth-order valence-corrected chi connectivity index (χ4v) is 1.99. The van der Waals surface area contributed by atoms with E-state index in [-0.39, 0.29) is 12.0 Å². The smallest absolute Gasteiger partial charge is 0.378 e. The minimum atomic E-state index is -4.10. The maximum atomic E-state index is 11.9. The van der Waals surface area contributed by atoms with Crippen LogP contribution in [0.1, 0.15) is 38.5 Å². The molecule has 0 amide bonds. The van der Waals surface area contributed by atoms with Crippen LogP contribution in [0.2, 0.25) is 0 Å². The Hall–Kier alpha value is -0.290. The third-order valence-electron chi connectivity index (χ3n) is 3.13. The molecule has 1 aliphatic carbocycles. The molecule has 0 spiro atoms. The Bertz CT molecular complexity index is 196. The van der Waals surface area contributed by atoms with E-state index < -0.39 is 18.6 Å². The van der Waals surface area contributed by atoms with Gasteiger partial charge in [0.25, 0.3) is 0 Å². The van der Waals surface area contributed by atoms with E-state index in [1.807, 2.05) is 0 Å². The molecule has 1 fully saturated rings. The second-order valence-corrected chi connectivity index (χ2v) is 4.36. The van der Waals surface area contributed by atoms with Crippen molar-refractivity contribution in [2.75, 3.05) is 7.11 Å². The van der Waals surface area contributed by atoms with E-state index in [0.29, 0.717) is 6.42 Å². The van der Waals surface area contributed by atoms with E-state index in [4.69, 9.17) is 10.5 Å². The molecule has 0 aromatic carbocycles. The minimum absolute atomic E-state index is 0.00535. The Morgan fingerprint density at radius 1 is 1.40 bits per heavy atom. The largest absolute Gasteiger partial charge is 0.389 e. The van der Waals surface area contributed by atoms with E-state index in [1.165, 1.54) is 0 Å². The highest BCUT2D eigenvalue weighted by Gasteiger charge is 2.39. The molecule has 1 unspecified atom stereocenters. The molecule has 0 aromatic rings. The first-order valence-electron chi connectivity index (χ1n) is 5.24. The van der Waals surface area contributed by atoms with Crippen LogP contribution in [0.5, 0.6) is 0 Å². The lowest BCUT2D eigenvalue weighted by Crippen LogP contribution is -2.44. The number of hydrogen-bond donors (Lipinski definition) is 1. The Labute approximate surface area is 88.0 Å². The summed E-state index contributed by atoms with van der Waals surface area (Å²) in [7, 11) is 1.61. The van der Waals surface area contributed by atoms with Crippen molar-refractivity contribution in [3.8, 4) is 0 Å². The van der Waals surface area contributed by atoms with Crippen LogP contribution in [-0.4, -0.2) is 24.9 Å². The third-order valence-corrected chi connectivity index (χ3v) is 3.13. The Kier molecular flexibility index (Phi) is 4.00. The van der Waals surface area contributed by atoms with Crippen LogP contribution in [0.4, 0.5) is 13.2 Å². The molecule has 1 rings (SSSR count). The van der Waals surface area contributed by atoms with Gasteiger partial charge in [0, 0.05) is 19.6 Å². The number of rotatable bonds is 5. The lowest BCUT2D eigenvalue weighted by molar-refractivity contribution is -0.138. The average Bonchev–Trinajstić information content (AvgIpc) is 2.07. The van der Waals surface area contributed by atoms with Crippen molar-refractivity contribution in [1.29, 1.82) is 0 Å². The van der Waals surface area contributed by atoms with Gasteiger partial charge in [-0.05, 0) is 32.1 Å². The highest BCUT2D eigenvalue weighted by Crippen LogP contribution is 2.39. The van der Waals surface area contributed by atoms with Gasteiger partial charge in [-0.1, -0.05) is 0 Å². The van der Waals surface area contributed by atoms with Gasteiger partial charge >= 0.3 is 6.18 Å². The van der Waals surface area contributed by atoms with E-state index in [2.05, 4.69) is 0 Å². The van der Waals surface area contributed by atoms with Crippen LogP contribution in [0.15, 0.2) is 0 Å². The predicted octanol–water partition coefficient (Wildman–Crippen LogP) is 2.62. The average molecular weight is 225 g/mol. The third kappa shape index (κ3) is 3.99. The molecule has 0 bridgehead atoms. The molecule has 0 aromatic heterocycles. The molecular formula is C10H18F3NO.